The highest BCUT2D eigenvalue weighted by atomic mass is 16.6. The molecule has 0 spiro atoms. The van der Waals surface area contributed by atoms with Crippen molar-refractivity contribution in [1.82, 2.24) is 10.2 Å². The van der Waals surface area contributed by atoms with E-state index in [0.717, 1.165) is 56.4 Å². The Morgan fingerprint density at radius 1 is 1.14 bits per heavy atom. The van der Waals surface area contributed by atoms with Gasteiger partial charge in [-0.25, -0.2) is 4.79 Å². The van der Waals surface area contributed by atoms with E-state index in [0.29, 0.717) is 6.61 Å². The average molecular weight is 288 g/mol. The maximum atomic E-state index is 12.1. The molecular weight excluding hydrogens is 264 g/mol. The average Bonchev–Trinajstić information content (AvgIpc) is 3.08. The van der Waals surface area contributed by atoms with Gasteiger partial charge in [-0.05, 0) is 49.8 Å². The van der Waals surface area contributed by atoms with E-state index in [1.165, 1.54) is 6.42 Å². The molecule has 1 aromatic rings. The number of rotatable bonds is 3. The molecule has 21 heavy (non-hydrogen) atoms. The van der Waals surface area contributed by atoms with Crippen LogP contribution in [0.5, 0.6) is 0 Å². The van der Waals surface area contributed by atoms with Gasteiger partial charge in [-0.15, -0.1) is 0 Å². The number of amides is 1. The molecule has 0 saturated carbocycles. The molecule has 0 aliphatic carbocycles. The molecule has 3 rings (SSSR count). The monoisotopic (exact) mass is 288 g/mol. The highest BCUT2D eigenvalue weighted by Crippen LogP contribution is 2.29. The van der Waals surface area contributed by atoms with Crippen molar-refractivity contribution in [3.05, 3.63) is 35.9 Å². The first-order chi connectivity index (χ1) is 10.3. The van der Waals surface area contributed by atoms with Crippen molar-refractivity contribution in [3.8, 4) is 0 Å². The minimum absolute atomic E-state index is 0.165. The predicted molar refractivity (Wildman–Crippen MR) is 81.9 cm³/mol. The number of carbonyl (C=O) groups is 1. The van der Waals surface area contributed by atoms with Gasteiger partial charge in [-0.1, -0.05) is 30.3 Å². The van der Waals surface area contributed by atoms with Gasteiger partial charge in [0.05, 0.1) is 0 Å². The number of benzene rings is 1. The Morgan fingerprint density at radius 3 is 2.57 bits per heavy atom. The summed E-state index contributed by atoms with van der Waals surface area (Å²) in [6.45, 7) is 4.36. The summed E-state index contributed by atoms with van der Waals surface area (Å²) in [5.74, 6) is 1.59. The van der Waals surface area contributed by atoms with E-state index in [-0.39, 0.29) is 6.09 Å². The summed E-state index contributed by atoms with van der Waals surface area (Å²) in [5, 5.41) is 3.44. The van der Waals surface area contributed by atoms with Crippen LogP contribution in [0, 0.1) is 11.8 Å². The van der Waals surface area contributed by atoms with Gasteiger partial charge in [0.2, 0.25) is 0 Å². The first-order valence-electron chi connectivity index (χ1n) is 7.99. The fourth-order valence-corrected chi connectivity index (χ4v) is 3.44. The number of carbonyl (C=O) groups excluding carboxylic acids is 1. The van der Waals surface area contributed by atoms with Crippen LogP contribution in [0.4, 0.5) is 4.79 Å². The van der Waals surface area contributed by atoms with Crippen molar-refractivity contribution in [2.45, 2.75) is 25.9 Å². The van der Waals surface area contributed by atoms with Crippen molar-refractivity contribution in [1.29, 1.82) is 0 Å². The quantitative estimate of drug-likeness (QED) is 0.929. The van der Waals surface area contributed by atoms with Crippen LogP contribution in [0.1, 0.15) is 24.8 Å². The Labute approximate surface area is 126 Å². The lowest BCUT2D eigenvalue weighted by atomic mass is 9.84. The summed E-state index contributed by atoms with van der Waals surface area (Å²) in [7, 11) is 0. The Hall–Kier alpha value is -1.55. The van der Waals surface area contributed by atoms with Crippen molar-refractivity contribution >= 4 is 6.09 Å². The second-order valence-corrected chi connectivity index (χ2v) is 6.12. The molecule has 1 amide bonds. The molecule has 4 heteroatoms. The molecule has 4 nitrogen and oxygen atoms in total. The molecule has 2 fully saturated rings. The third-order valence-corrected chi connectivity index (χ3v) is 4.77. The van der Waals surface area contributed by atoms with Gasteiger partial charge in [-0.3, -0.25) is 0 Å². The maximum Gasteiger partial charge on any atom is 0.410 e. The Bertz CT molecular complexity index is 449. The molecule has 1 aromatic carbocycles. The Morgan fingerprint density at radius 2 is 1.90 bits per heavy atom. The van der Waals surface area contributed by atoms with E-state index < -0.39 is 0 Å². The summed E-state index contributed by atoms with van der Waals surface area (Å²) in [5.41, 5.74) is 1.04. The van der Waals surface area contributed by atoms with Gasteiger partial charge in [0.15, 0.2) is 0 Å². The smallest absolute Gasteiger partial charge is 0.410 e. The van der Waals surface area contributed by atoms with Crippen LogP contribution in [0.2, 0.25) is 0 Å². The van der Waals surface area contributed by atoms with Crippen molar-refractivity contribution in [2.75, 3.05) is 26.2 Å². The van der Waals surface area contributed by atoms with Crippen molar-refractivity contribution < 1.29 is 9.53 Å². The number of piperidine rings is 1. The minimum Gasteiger partial charge on any atom is -0.445 e. The van der Waals surface area contributed by atoms with Gasteiger partial charge >= 0.3 is 6.09 Å². The molecule has 0 unspecified atom stereocenters. The first kappa shape index (κ1) is 14.4. The van der Waals surface area contributed by atoms with Crippen molar-refractivity contribution in [3.63, 3.8) is 0 Å². The molecule has 0 radical (unpaired) electrons. The lowest BCUT2D eigenvalue weighted by Gasteiger charge is -2.34. The molecular formula is C17H24N2O2. The number of ether oxygens (including phenoxy) is 1. The molecule has 2 aliphatic rings. The van der Waals surface area contributed by atoms with Crippen LogP contribution in [0.15, 0.2) is 30.3 Å². The highest BCUT2D eigenvalue weighted by molar-refractivity contribution is 5.67. The molecule has 1 N–H and O–H groups in total. The van der Waals surface area contributed by atoms with Crippen LogP contribution in [0.25, 0.3) is 0 Å². The van der Waals surface area contributed by atoms with E-state index in [4.69, 9.17) is 4.74 Å². The summed E-state index contributed by atoms with van der Waals surface area (Å²) in [6, 6.07) is 9.85. The molecule has 114 valence electrons. The van der Waals surface area contributed by atoms with Gasteiger partial charge in [0.1, 0.15) is 6.61 Å². The largest absolute Gasteiger partial charge is 0.445 e. The van der Waals surface area contributed by atoms with Gasteiger partial charge in [-0.2, -0.15) is 0 Å². The summed E-state index contributed by atoms with van der Waals surface area (Å²) in [6.07, 6.45) is 3.37. The lowest BCUT2D eigenvalue weighted by molar-refractivity contribution is 0.0767. The lowest BCUT2D eigenvalue weighted by Crippen LogP contribution is -2.40. The fraction of sp³-hybridized carbons (Fsp3) is 0.588. The van der Waals surface area contributed by atoms with Crippen LogP contribution < -0.4 is 5.32 Å². The zero-order valence-electron chi connectivity index (χ0n) is 12.5. The molecule has 2 heterocycles. The summed E-state index contributed by atoms with van der Waals surface area (Å²) < 4.78 is 5.40. The Balaban J connectivity index is 1.42. The highest BCUT2D eigenvalue weighted by Gasteiger charge is 2.30. The van der Waals surface area contributed by atoms with Gasteiger partial charge < -0.3 is 15.0 Å². The van der Waals surface area contributed by atoms with Crippen LogP contribution in [-0.4, -0.2) is 37.2 Å². The third kappa shape index (κ3) is 3.76. The molecule has 2 saturated heterocycles. The number of hydrogen-bond donors (Lipinski definition) is 1. The van der Waals surface area contributed by atoms with E-state index in [1.54, 1.807) is 0 Å². The van der Waals surface area contributed by atoms with Crippen LogP contribution in [0.3, 0.4) is 0 Å². The molecule has 0 bridgehead atoms. The van der Waals surface area contributed by atoms with E-state index in [9.17, 15) is 4.79 Å². The first-order valence-corrected chi connectivity index (χ1v) is 7.99. The van der Waals surface area contributed by atoms with Crippen LogP contribution in [-0.2, 0) is 11.3 Å². The van der Waals surface area contributed by atoms with Gasteiger partial charge in [0, 0.05) is 13.1 Å². The summed E-state index contributed by atoms with van der Waals surface area (Å²) in [4.78, 5) is 14.0. The van der Waals surface area contributed by atoms with E-state index in [1.807, 2.05) is 35.2 Å². The second-order valence-electron chi connectivity index (χ2n) is 6.12. The van der Waals surface area contributed by atoms with Crippen molar-refractivity contribution in [2.24, 2.45) is 11.8 Å². The Kier molecular flexibility index (Phi) is 4.76. The minimum atomic E-state index is -0.165. The maximum absolute atomic E-state index is 12.1. The van der Waals surface area contributed by atoms with E-state index >= 15 is 0 Å². The zero-order chi connectivity index (χ0) is 14.5. The number of likely N-dealkylation sites (tertiary alicyclic amines) is 1. The third-order valence-electron chi connectivity index (χ3n) is 4.77. The number of nitrogens with zero attached hydrogens (tertiary/aromatic N) is 1. The fourth-order valence-electron chi connectivity index (χ4n) is 3.44. The van der Waals surface area contributed by atoms with Gasteiger partial charge in [0.25, 0.3) is 0 Å². The predicted octanol–water partition coefficient (Wildman–Crippen LogP) is 2.64. The number of hydrogen-bond acceptors (Lipinski definition) is 3. The zero-order valence-corrected chi connectivity index (χ0v) is 12.5. The SMILES string of the molecule is O=C(OCc1ccccc1)N1CCC([C@@H]2CCNC2)CC1. The van der Waals surface area contributed by atoms with Crippen LogP contribution >= 0.6 is 0 Å². The standard InChI is InChI=1S/C17H24N2O2/c20-17(21-13-14-4-2-1-3-5-14)19-10-7-15(8-11-19)16-6-9-18-12-16/h1-5,15-16,18H,6-13H2/t16-/m1/s1. The molecule has 0 aromatic heterocycles. The summed E-state index contributed by atoms with van der Waals surface area (Å²) >= 11 is 0. The number of nitrogens with one attached hydrogen (secondary N) is 1. The molecule has 1 atom stereocenters. The normalized spacial score (nSPS) is 23.2. The van der Waals surface area contributed by atoms with E-state index in [2.05, 4.69) is 5.32 Å². The molecule has 2 aliphatic heterocycles. The topological polar surface area (TPSA) is 41.6 Å². The second kappa shape index (κ2) is 6.94.